The van der Waals surface area contributed by atoms with Gasteiger partial charge in [0.1, 0.15) is 0 Å². The summed E-state index contributed by atoms with van der Waals surface area (Å²) in [7, 11) is 0. The molecule has 6 nitrogen and oxygen atoms in total. The molecule has 3 rings (SSSR count). The number of carboxylic acids is 2. The van der Waals surface area contributed by atoms with Crippen molar-refractivity contribution in [2.75, 3.05) is 0 Å². The Labute approximate surface area is 124 Å². The number of nitrogens with zero attached hydrogens (tertiary/aromatic N) is 2. The van der Waals surface area contributed by atoms with Crippen molar-refractivity contribution in [1.82, 2.24) is 4.98 Å². The molecule has 0 spiro atoms. The van der Waals surface area contributed by atoms with Crippen LogP contribution in [0.4, 0.5) is 0 Å². The SMILES string of the molecule is O=C(O)c1cccnc1-c1ccc2c(C(=O)[O-])ccc[n+]2c1. The molecule has 3 aromatic heterocycles. The Morgan fingerprint density at radius 2 is 1.86 bits per heavy atom. The van der Waals surface area contributed by atoms with Crippen LogP contribution in [-0.2, 0) is 0 Å². The van der Waals surface area contributed by atoms with Crippen LogP contribution < -0.4 is 9.51 Å². The Hall–Kier alpha value is -3.28. The maximum atomic E-state index is 11.3. The Balaban J connectivity index is 2.23. The van der Waals surface area contributed by atoms with Gasteiger partial charge in [-0.3, -0.25) is 4.98 Å². The molecule has 3 aromatic rings. The smallest absolute Gasteiger partial charge is 0.337 e. The fraction of sp³-hybridized carbons (Fsp3) is 0. The molecule has 0 aliphatic rings. The summed E-state index contributed by atoms with van der Waals surface area (Å²) < 4.78 is 1.60. The van der Waals surface area contributed by atoms with Gasteiger partial charge in [0, 0.05) is 18.3 Å². The molecule has 1 N–H and O–H groups in total. The van der Waals surface area contributed by atoms with Crippen molar-refractivity contribution in [3.8, 4) is 11.3 Å². The third kappa shape index (κ3) is 2.26. The van der Waals surface area contributed by atoms with Crippen LogP contribution in [0.5, 0.6) is 0 Å². The van der Waals surface area contributed by atoms with Gasteiger partial charge in [-0.25, -0.2) is 4.79 Å². The molecule has 6 heteroatoms. The van der Waals surface area contributed by atoms with Gasteiger partial charge in [0.25, 0.3) is 0 Å². The first-order valence-corrected chi connectivity index (χ1v) is 6.42. The zero-order valence-corrected chi connectivity index (χ0v) is 11.3. The summed E-state index contributed by atoms with van der Waals surface area (Å²) >= 11 is 0. The van der Waals surface area contributed by atoms with Crippen LogP contribution in [0, 0.1) is 0 Å². The first-order chi connectivity index (χ1) is 10.6. The van der Waals surface area contributed by atoms with E-state index < -0.39 is 11.9 Å². The van der Waals surface area contributed by atoms with Gasteiger partial charge >= 0.3 is 5.97 Å². The zero-order valence-electron chi connectivity index (χ0n) is 11.3. The number of hydrogen-bond acceptors (Lipinski definition) is 4. The van der Waals surface area contributed by atoms with E-state index in [4.69, 9.17) is 0 Å². The van der Waals surface area contributed by atoms with Crippen molar-refractivity contribution in [3.05, 3.63) is 66.1 Å². The predicted molar refractivity (Wildman–Crippen MR) is 74.1 cm³/mol. The largest absolute Gasteiger partial charge is 0.545 e. The Morgan fingerprint density at radius 1 is 1.09 bits per heavy atom. The fourth-order valence-corrected chi connectivity index (χ4v) is 2.31. The number of aromatic carboxylic acids is 2. The lowest BCUT2D eigenvalue weighted by molar-refractivity contribution is -0.511. The first-order valence-electron chi connectivity index (χ1n) is 6.42. The van der Waals surface area contributed by atoms with Gasteiger partial charge in [0.2, 0.25) is 5.52 Å². The summed E-state index contributed by atoms with van der Waals surface area (Å²) in [6.45, 7) is 0. The number of fused-ring (bicyclic) bond motifs is 1. The maximum absolute atomic E-state index is 11.3. The number of carbonyl (C=O) groups excluding carboxylic acids is 1. The molecule has 0 fully saturated rings. The van der Waals surface area contributed by atoms with Crippen LogP contribution in [0.2, 0.25) is 0 Å². The minimum Gasteiger partial charge on any atom is -0.545 e. The summed E-state index contributed by atoms with van der Waals surface area (Å²) in [5.74, 6) is -2.34. The quantitative estimate of drug-likeness (QED) is 0.712. The van der Waals surface area contributed by atoms with Crippen molar-refractivity contribution < 1.29 is 24.2 Å². The number of aromatic nitrogens is 2. The standard InChI is InChI=1S/C16H10N2O4/c19-15(20)11-4-2-8-18-9-10(5-6-13(11)18)14-12(16(21)22)3-1-7-17-14/h1-9H,(H-,19,20,21,22). The molecule has 0 saturated heterocycles. The number of carboxylic acid groups (broad SMARTS) is 2. The van der Waals surface area contributed by atoms with E-state index in [2.05, 4.69) is 4.98 Å². The molecule has 0 saturated carbocycles. The van der Waals surface area contributed by atoms with Crippen LogP contribution in [0.25, 0.3) is 16.8 Å². The maximum Gasteiger partial charge on any atom is 0.337 e. The van der Waals surface area contributed by atoms with Crippen molar-refractivity contribution in [2.45, 2.75) is 0 Å². The zero-order chi connectivity index (χ0) is 15.7. The highest BCUT2D eigenvalue weighted by Gasteiger charge is 2.16. The van der Waals surface area contributed by atoms with E-state index in [1.165, 1.54) is 18.3 Å². The molecule has 0 bridgehead atoms. The van der Waals surface area contributed by atoms with E-state index in [0.717, 1.165) is 0 Å². The van der Waals surface area contributed by atoms with Crippen LogP contribution in [0.3, 0.4) is 0 Å². The highest BCUT2D eigenvalue weighted by Crippen LogP contribution is 2.20. The summed E-state index contributed by atoms with van der Waals surface area (Å²) in [5.41, 5.74) is 1.50. The van der Waals surface area contributed by atoms with Gasteiger partial charge in [-0.1, -0.05) is 0 Å². The van der Waals surface area contributed by atoms with Gasteiger partial charge in [0.05, 0.1) is 28.4 Å². The molecule has 0 aromatic carbocycles. The second-order valence-corrected chi connectivity index (χ2v) is 4.62. The van der Waals surface area contributed by atoms with E-state index in [-0.39, 0.29) is 11.1 Å². The summed E-state index contributed by atoms with van der Waals surface area (Å²) in [6.07, 6.45) is 4.82. The topological polar surface area (TPSA) is 94.4 Å². The summed E-state index contributed by atoms with van der Waals surface area (Å²) in [6, 6.07) is 9.29. The molecule has 0 aliphatic heterocycles. The van der Waals surface area contributed by atoms with Gasteiger partial charge in [-0.05, 0) is 24.3 Å². The third-order valence-corrected chi connectivity index (χ3v) is 3.29. The molecular formula is C16H10N2O4. The monoisotopic (exact) mass is 294 g/mol. The number of carbonyl (C=O) groups is 2. The van der Waals surface area contributed by atoms with Crippen LogP contribution in [-0.4, -0.2) is 22.0 Å². The highest BCUT2D eigenvalue weighted by atomic mass is 16.4. The predicted octanol–water partition coefficient (Wildman–Crippen LogP) is 0.549. The van der Waals surface area contributed by atoms with Gasteiger partial charge in [0.15, 0.2) is 12.4 Å². The summed E-state index contributed by atoms with van der Waals surface area (Å²) in [4.78, 5) is 26.5. The molecule has 0 atom stereocenters. The highest BCUT2D eigenvalue weighted by molar-refractivity contribution is 5.95. The van der Waals surface area contributed by atoms with Gasteiger partial charge in [-0.15, -0.1) is 0 Å². The minimum absolute atomic E-state index is 0.0635. The van der Waals surface area contributed by atoms with E-state index in [0.29, 0.717) is 16.8 Å². The van der Waals surface area contributed by atoms with E-state index in [1.54, 1.807) is 41.1 Å². The van der Waals surface area contributed by atoms with E-state index >= 15 is 0 Å². The second-order valence-electron chi connectivity index (χ2n) is 4.62. The number of pyridine rings is 3. The van der Waals surface area contributed by atoms with Gasteiger partial charge < -0.3 is 15.0 Å². The van der Waals surface area contributed by atoms with Crippen LogP contribution >= 0.6 is 0 Å². The first kappa shape index (κ1) is 13.7. The average Bonchev–Trinajstić information content (AvgIpc) is 2.53. The molecule has 108 valence electrons. The lowest BCUT2D eigenvalue weighted by Gasteiger charge is -2.05. The van der Waals surface area contributed by atoms with Crippen molar-refractivity contribution in [2.24, 2.45) is 0 Å². The van der Waals surface area contributed by atoms with Crippen LogP contribution in [0.15, 0.2) is 55.0 Å². The normalized spacial score (nSPS) is 10.5. The van der Waals surface area contributed by atoms with Crippen LogP contribution in [0.1, 0.15) is 20.7 Å². The Morgan fingerprint density at radius 3 is 2.59 bits per heavy atom. The molecular weight excluding hydrogens is 284 g/mol. The number of hydrogen-bond donors (Lipinski definition) is 1. The van der Waals surface area contributed by atoms with E-state index in [1.807, 2.05) is 0 Å². The Kier molecular flexibility index (Phi) is 3.27. The van der Waals surface area contributed by atoms with Crippen molar-refractivity contribution in [1.29, 1.82) is 0 Å². The summed E-state index contributed by atoms with van der Waals surface area (Å²) in [5, 5.41) is 20.3. The average molecular weight is 294 g/mol. The lowest BCUT2D eigenvalue weighted by atomic mass is 10.1. The molecule has 0 aliphatic carbocycles. The Bertz CT molecular complexity index is 906. The van der Waals surface area contributed by atoms with E-state index in [9.17, 15) is 19.8 Å². The number of rotatable bonds is 3. The molecule has 0 radical (unpaired) electrons. The molecule has 22 heavy (non-hydrogen) atoms. The second kappa shape index (κ2) is 5.25. The lowest BCUT2D eigenvalue weighted by Crippen LogP contribution is -2.29. The fourth-order valence-electron chi connectivity index (χ4n) is 2.31. The molecule has 3 heterocycles. The third-order valence-electron chi connectivity index (χ3n) is 3.29. The molecule has 0 amide bonds. The molecule has 0 unspecified atom stereocenters. The van der Waals surface area contributed by atoms with Crippen molar-refractivity contribution >= 4 is 17.5 Å². The van der Waals surface area contributed by atoms with Crippen molar-refractivity contribution in [3.63, 3.8) is 0 Å². The minimum atomic E-state index is -1.27. The van der Waals surface area contributed by atoms with Gasteiger partial charge in [-0.2, -0.15) is 4.40 Å².